The van der Waals surface area contributed by atoms with Crippen molar-refractivity contribution >= 4 is 27.5 Å². The first-order valence-electron chi connectivity index (χ1n) is 12.6. The van der Waals surface area contributed by atoms with Crippen LogP contribution in [0.15, 0.2) is 77.7 Å². The van der Waals surface area contributed by atoms with Crippen LogP contribution in [-0.2, 0) is 26.2 Å². The van der Waals surface area contributed by atoms with E-state index in [0.717, 1.165) is 15.4 Å². The maximum atomic E-state index is 13.9. The molecule has 9 heteroatoms. The number of hydrogen-bond acceptors (Lipinski definition) is 4. The number of aryl methyl sites for hydroxylation is 1. The van der Waals surface area contributed by atoms with Gasteiger partial charge in [-0.3, -0.25) is 13.9 Å². The molecule has 0 aromatic heterocycles. The fourth-order valence-electron chi connectivity index (χ4n) is 4.24. The Kier molecular flexibility index (Phi) is 9.63. The van der Waals surface area contributed by atoms with Gasteiger partial charge in [0, 0.05) is 13.1 Å². The molecule has 202 valence electrons. The number of nitrogens with zero attached hydrogens (tertiary/aromatic N) is 2. The van der Waals surface area contributed by atoms with Crippen molar-refractivity contribution < 1.29 is 22.4 Å². The summed E-state index contributed by atoms with van der Waals surface area (Å²) in [5.74, 6) is -1.31. The largest absolute Gasteiger partial charge is 0.355 e. The smallest absolute Gasteiger partial charge is 0.264 e. The average molecular weight is 540 g/mol. The van der Waals surface area contributed by atoms with Crippen molar-refractivity contribution in [3.8, 4) is 0 Å². The molecule has 0 aliphatic heterocycles. The van der Waals surface area contributed by atoms with Crippen LogP contribution in [0.5, 0.6) is 0 Å². The Morgan fingerprint density at radius 2 is 1.58 bits per heavy atom. The number of nitrogens with one attached hydrogen (secondary N) is 1. The monoisotopic (exact) mass is 539 g/mol. The molecule has 2 amide bonds. The lowest BCUT2D eigenvalue weighted by molar-refractivity contribution is -0.140. The molecule has 0 spiro atoms. The van der Waals surface area contributed by atoms with E-state index in [1.165, 1.54) is 29.2 Å². The fourth-order valence-corrected chi connectivity index (χ4v) is 5.73. The van der Waals surface area contributed by atoms with Crippen LogP contribution in [0.1, 0.15) is 37.0 Å². The molecule has 0 unspecified atom stereocenters. The van der Waals surface area contributed by atoms with Crippen molar-refractivity contribution in [1.29, 1.82) is 0 Å². The van der Waals surface area contributed by atoms with Crippen LogP contribution in [0.2, 0.25) is 0 Å². The van der Waals surface area contributed by atoms with Gasteiger partial charge in [-0.05, 0) is 74.2 Å². The van der Waals surface area contributed by atoms with Gasteiger partial charge in [-0.15, -0.1) is 0 Å². The Labute approximate surface area is 224 Å². The summed E-state index contributed by atoms with van der Waals surface area (Å²) in [6, 6.07) is 18.0. The van der Waals surface area contributed by atoms with Crippen molar-refractivity contribution in [2.75, 3.05) is 17.4 Å². The predicted molar refractivity (Wildman–Crippen MR) is 147 cm³/mol. The first kappa shape index (κ1) is 28.8. The number of hydrogen-bond donors (Lipinski definition) is 1. The number of rotatable bonds is 11. The van der Waals surface area contributed by atoms with Gasteiger partial charge < -0.3 is 10.2 Å². The van der Waals surface area contributed by atoms with Gasteiger partial charge >= 0.3 is 0 Å². The van der Waals surface area contributed by atoms with Crippen LogP contribution in [0.4, 0.5) is 10.1 Å². The molecule has 0 heterocycles. The summed E-state index contributed by atoms with van der Waals surface area (Å²) in [5, 5.41) is 2.76. The van der Waals surface area contributed by atoms with Gasteiger partial charge in [0.2, 0.25) is 11.8 Å². The number of anilines is 1. The molecule has 1 N–H and O–H groups in total. The highest BCUT2D eigenvalue weighted by Gasteiger charge is 2.34. The molecule has 1 atom stereocenters. The molecule has 3 aromatic rings. The first-order chi connectivity index (χ1) is 18.1. The third-order valence-electron chi connectivity index (χ3n) is 6.46. The van der Waals surface area contributed by atoms with Crippen molar-refractivity contribution in [1.82, 2.24) is 10.2 Å². The third kappa shape index (κ3) is 6.58. The van der Waals surface area contributed by atoms with Gasteiger partial charge in [0.15, 0.2) is 0 Å². The number of sulfonamides is 1. The van der Waals surface area contributed by atoms with Gasteiger partial charge in [-0.2, -0.15) is 0 Å². The molecule has 3 aromatic carbocycles. The Bertz CT molecular complexity index is 1360. The van der Waals surface area contributed by atoms with E-state index in [9.17, 15) is 22.4 Å². The number of halogens is 1. The van der Waals surface area contributed by atoms with Gasteiger partial charge in [0.1, 0.15) is 18.4 Å². The molecule has 0 fully saturated rings. The maximum Gasteiger partial charge on any atom is 0.264 e. The number of benzene rings is 3. The molecule has 3 rings (SSSR count). The van der Waals surface area contributed by atoms with Crippen LogP contribution >= 0.6 is 0 Å². The van der Waals surface area contributed by atoms with Gasteiger partial charge in [-0.1, -0.05) is 49.4 Å². The van der Waals surface area contributed by atoms with E-state index in [4.69, 9.17) is 0 Å². The van der Waals surface area contributed by atoms with Gasteiger partial charge in [0.05, 0.1) is 10.6 Å². The summed E-state index contributed by atoms with van der Waals surface area (Å²) in [6.45, 7) is 7.13. The average Bonchev–Trinajstić information content (AvgIpc) is 2.90. The highest BCUT2D eigenvalue weighted by Crippen LogP contribution is 2.29. The lowest BCUT2D eigenvalue weighted by Gasteiger charge is -2.33. The SMILES string of the molecule is CCNC(=O)[C@@H](CC)N(Cc1ccc(F)cc1)C(=O)CN(c1cccc(C)c1C)S(=O)(=O)c1ccccc1. The molecule has 0 radical (unpaired) electrons. The first-order valence-corrected chi connectivity index (χ1v) is 14.0. The Balaban J connectivity index is 2.09. The zero-order valence-corrected chi connectivity index (χ0v) is 23.0. The number of amides is 2. The van der Waals surface area contributed by atoms with E-state index in [1.807, 2.05) is 19.9 Å². The second-order valence-corrected chi connectivity index (χ2v) is 10.9. The Hall–Kier alpha value is -3.72. The second kappa shape index (κ2) is 12.7. The van der Waals surface area contributed by atoms with Crippen molar-refractivity contribution in [2.45, 2.75) is 51.6 Å². The third-order valence-corrected chi connectivity index (χ3v) is 8.23. The maximum absolute atomic E-state index is 13.9. The topological polar surface area (TPSA) is 86.8 Å². The minimum absolute atomic E-state index is 0.0147. The number of likely N-dealkylation sites (N-methyl/N-ethyl adjacent to an activating group) is 1. The Morgan fingerprint density at radius 1 is 0.921 bits per heavy atom. The molecule has 38 heavy (non-hydrogen) atoms. The summed E-state index contributed by atoms with van der Waals surface area (Å²) in [7, 11) is -4.13. The molecule has 0 saturated heterocycles. The minimum atomic E-state index is -4.13. The minimum Gasteiger partial charge on any atom is -0.355 e. The highest BCUT2D eigenvalue weighted by molar-refractivity contribution is 7.92. The number of carbonyl (C=O) groups is 2. The zero-order valence-electron chi connectivity index (χ0n) is 22.1. The summed E-state index contributed by atoms with van der Waals surface area (Å²) in [6.07, 6.45) is 0.313. The van der Waals surface area contributed by atoms with Crippen LogP contribution in [0.25, 0.3) is 0 Å². The summed E-state index contributed by atoms with van der Waals surface area (Å²) < 4.78 is 42.4. The van der Waals surface area contributed by atoms with E-state index >= 15 is 0 Å². The van der Waals surface area contributed by atoms with Crippen molar-refractivity contribution in [3.05, 3.63) is 95.3 Å². The van der Waals surface area contributed by atoms with E-state index in [2.05, 4.69) is 5.32 Å². The van der Waals surface area contributed by atoms with E-state index in [0.29, 0.717) is 24.2 Å². The van der Waals surface area contributed by atoms with Crippen molar-refractivity contribution in [2.24, 2.45) is 0 Å². The highest BCUT2D eigenvalue weighted by atomic mass is 32.2. The quantitative estimate of drug-likeness (QED) is 0.387. The van der Waals surface area contributed by atoms with Gasteiger partial charge in [-0.25, -0.2) is 12.8 Å². The van der Waals surface area contributed by atoms with E-state index in [-0.39, 0.29) is 17.3 Å². The molecule has 7 nitrogen and oxygen atoms in total. The van der Waals surface area contributed by atoms with Gasteiger partial charge in [0.25, 0.3) is 10.0 Å². The molecule has 0 aliphatic carbocycles. The second-order valence-electron chi connectivity index (χ2n) is 9.01. The van der Waals surface area contributed by atoms with E-state index < -0.39 is 34.3 Å². The lowest BCUT2D eigenvalue weighted by atomic mass is 10.1. The fraction of sp³-hybridized carbons (Fsp3) is 0.310. The van der Waals surface area contributed by atoms with Crippen LogP contribution in [0.3, 0.4) is 0 Å². The van der Waals surface area contributed by atoms with E-state index in [1.54, 1.807) is 56.3 Å². The standard InChI is InChI=1S/C29H34FN3O4S/c1-5-26(29(35)31-6-2)32(19-23-15-17-24(30)18-16-23)28(34)20-33(27-14-10-11-21(3)22(27)4)38(36,37)25-12-8-7-9-13-25/h7-18,26H,5-6,19-20H2,1-4H3,(H,31,35)/t26-/m1/s1. The van der Waals surface area contributed by atoms with Crippen LogP contribution < -0.4 is 9.62 Å². The van der Waals surface area contributed by atoms with Crippen molar-refractivity contribution in [3.63, 3.8) is 0 Å². The van der Waals surface area contributed by atoms with Crippen LogP contribution in [0, 0.1) is 19.7 Å². The predicted octanol–water partition coefficient (Wildman–Crippen LogP) is 4.58. The molecule has 0 saturated carbocycles. The molecular weight excluding hydrogens is 505 g/mol. The molecular formula is C29H34FN3O4S. The number of carbonyl (C=O) groups excluding carboxylic acids is 2. The normalized spacial score (nSPS) is 12.0. The van der Waals surface area contributed by atoms with Crippen LogP contribution in [-0.4, -0.2) is 44.3 Å². The zero-order chi connectivity index (χ0) is 27.9. The summed E-state index contributed by atoms with van der Waals surface area (Å²) in [5.41, 5.74) is 2.60. The molecule has 0 aliphatic rings. The lowest BCUT2D eigenvalue weighted by Crippen LogP contribution is -2.52. The summed E-state index contributed by atoms with van der Waals surface area (Å²) in [4.78, 5) is 28.3. The Morgan fingerprint density at radius 3 is 2.18 bits per heavy atom. The molecule has 0 bridgehead atoms. The summed E-state index contributed by atoms with van der Waals surface area (Å²) >= 11 is 0.